The van der Waals surface area contributed by atoms with E-state index in [1.807, 2.05) is 13.8 Å². The van der Waals surface area contributed by atoms with E-state index in [4.69, 9.17) is 10.2 Å². The van der Waals surface area contributed by atoms with Gasteiger partial charge in [-0.2, -0.15) is 0 Å². The van der Waals surface area contributed by atoms with E-state index in [1.165, 1.54) is 12.5 Å². The Balaban J connectivity index is 2.65. The molecule has 1 rings (SSSR count). The monoisotopic (exact) mass is 169 g/mol. The van der Waals surface area contributed by atoms with Crippen molar-refractivity contribution in [2.75, 3.05) is 0 Å². The van der Waals surface area contributed by atoms with Gasteiger partial charge in [0.1, 0.15) is 0 Å². The van der Waals surface area contributed by atoms with E-state index < -0.39 is 6.10 Å². The van der Waals surface area contributed by atoms with Gasteiger partial charge in [0, 0.05) is 11.6 Å². The predicted octanol–water partition coefficient (Wildman–Crippen LogP) is 1.30. The molecule has 0 radical (unpaired) electrons. The largest absolute Gasteiger partial charge is 0.472 e. The van der Waals surface area contributed by atoms with E-state index in [0.29, 0.717) is 0 Å². The lowest BCUT2D eigenvalue weighted by Gasteiger charge is -2.20. The highest BCUT2D eigenvalue weighted by atomic mass is 16.3. The first-order chi connectivity index (χ1) is 5.63. The smallest absolute Gasteiger partial charge is 0.0974 e. The second kappa shape index (κ2) is 3.74. The molecule has 2 atom stereocenters. The Morgan fingerprint density at radius 2 is 2.17 bits per heavy atom. The number of aliphatic hydroxyl groups is 1. The van der Waals surface area contributed by atoms with Gasteiger partial charge in [0.05, 0.1) is 18.6 Å². The van der Waals surface area contributed by atoms with Crippen LogP contribution in [0.15, 0.2) is 23.0 Å². The van der Waals surface area contributed by atoms with Crippen molar-refractivity contribution in [1.82, 2.24) is 0 Å². The highest BCUT2D eigenvalue weighted by Gasteiger charge is 2.20. The molecule has 3 nitrogen and oxygen atoms in total. The van der Waals surface area contributed by atoms with Crippen molar-refractivity contribution in [2.45, 2.75) is 26.0 Å². The van der Waals surface area contributed by atoms with E-state index in [2.05, 4.69) is 0 Å². The summed E-state index contributed by atoms with van der Waals surface area (Å²) in [6.45, 7) is 3.96. The molecular formula is C9H15NO2. The third-order valence-electron chi connectivity index (χ3n) is 2.02. The fraction of sp³-hybridized carbons (Fsp3) is 0.556. The summed E-state index contributed by atoms with van der Waals surface area (Å²) in [4.78, 5) is 0. The zero-order chi connectivity index (χ0) is 9.14. The van der Waals surface area contributed by atoms with Gasteiger partial charge in [0.15, 0.2) is 0 Å². The first-order valence-electron chi connectivity index (χ1n) is 4.08. The van der Waals surface area contributed by atoms with Gasteiger partial charge in [-0.3, -0.25) is 0 Å². The first-order valence-corrected chi connectivity index (χ1v) is 4.08. The van der Waals surface area contributed by atoms with Crippen molar-refractivity contribution in [1.29, 1.82) is 0 Å². The average Bonchev–Trinajstić information content (AvgIpc) is 2.53. The fourth-order valence-electron chi connectivity index (χ4n) is 1.03. The lowest BCUT2D eigenvalue weighted by Crippen LogP contribution is -2.33. The molecule has 0 aliphatic heterocycles. The Labute approximate surface area is 72.2 Å². The van der Waals surface area contributed by atoms with E-state index >= 15 is 0 Å². The molecule has 68 valence electrons. The maximum absolute atomic E-state index is 9.66. The Hall–Kier alpha value is -0.800. The normalized spacial score (nSPS) is 16.4. The van der Waals surface area contributed by atoms with E-state index in [0.717, 1.165) is 5.56 Å². The Morgan fingerprint density at radius 1 is 1.50 bits per heavy atom. The minimum Gasteiger partial charge on any atom is -0.472 e. The molecule has 3 N–H and O–H groups in total. The number of furan rings is 1. The van der Waals surface area contributed by atoms with Crippen LogP contribution >= 0.6 is 0 Å². The number of rotatable bonds is 3. The van der Waals surface area contributed by atoms with Crippen LogP contribution in [0.3, 0.4) is 0 Å². The number of aliphatic hydroxyl groups excluding tert-OH is 1. The number of hydrogen-bond acceptors (Lipinski definition) is 3. The molecule has 0 fully saturated rings. The van der Waals surface area contributed by atoms with Crippen molar-refractivity contribution in [3.8, 4) is 0 Å². The summed E-state index contributed by atoms with van der Waals surface area (Å²) in [6, 6.07) is 1.50. The third kappa shape index (κ3) is 1.87. The van der Waals surface area contributed by atoms with Crippen LogP contribution in [-0.2, 0) is 0 Å². The summed E-state index contributed by atoms with van der Waals surface area (Å²) in [6.07, 6.45) is 2.43. The van der Waals surface area contributed by atoms with Gasteiger partial charge in [0.25, 0.3) is 0 Å². The van der Waals surface area contributed by atoms with E-state index in [1.54, 1.807) is 6.07 Å². The molecule has 0 unspecified atom stereocenters. The highest BCUT2D eigenvalue weighted by Crippen LogP contribution is 2.19. The predicted molar refractivity (Wildman–Crippen MR) is 46.5 cm³/mol. The van der Waals surface area contributed by atoms with Gasteiger partial charge in [0.2, 0.25) is 0 Å². The van der Waals surface area contributed by atoms with Crippen molar-refractivity contribution in [3.05, 3.63) is 24.2 Å². The molecule has 0 saturated carbocycles. The molecule has 0 saturated heterocycles. The second-order valence-corrected chi connectivity index (χ2v) is 3.32. The Bertz CT molecular complexity index is 218. The van der Waals surface area contributed by atoms with Crippen LogP contribution in [0.2, 0.25) is 0 Å². The maximum atomic E-state index is 9.66. The summed E-state index contributed by atoms with van der Waals surface area (Å²) in [7, 11) is 0. The van der Waals surface area contributed by atoms with Crippen LogP contribution in [0, 0.1) is 5.92 Å². The van der Waals surface area contributed by atoms with Gasteiger partial charge in [-0.15, -0.1) is 0 Å². The zero-order valence-electron chi connectivity index (χ0n) is 7.40. The first kappa shape index (κ1) is 9.29. The zero-order valence-corrected chi connectivity index (χ0v) is 7.40. The summed E-state index contributed by atoms with van der Waals surface area (Å²) in [5, 5.41) is 9.66. The SMILES string of the molecule is CC(C)[C@H](N)[C@@H](O)c1ccoc1. The number of hydrogen-bond donors (Lipinski definition) is 2. The maximum Gasteiger partial charge on any atom is 0.0974 e. The highest BCUT2D eigenvalue weighted by molar-refractivity contribution is 5.11. The lowest BCUT2D eigenvalue weighted by atomic mass is 9.96. The van der Waals surface area contributed by atoms with Gasteiger partial charge in [-0.05, 0) is 12.0 Å². The molecule has 3 heteroatoms. The van der Waals surface area contributed by atoms with Crippen LogP contribution < -0.4 is 5.73 Å². The van der Waals surface area contributed by atoms with Crippen LogP contribution in [0.1, 0.15) is 25.5 Å². The van der Waals surface area contributed by atoms with Crippen molar-refractivity contribution in [3.63, 3.8) is 0 Å². The molecule has 0 aromatic carbocycles. The molecule has 0 aliphatic carbocycles. The van der Waals surface area contributed by atoms with Crippen LogP contribution in [0.4, 0.5) is 0 Å². The van der Waals surface area contributed by atoms with Crippen molar-refractivity contribution in [2.24, 2.45) is 11.7 Å². The van der Waals surface area contributed by atoms with E-state index in [9.17, 15) is 5.11 Å². The fourth-order valence-corrected chi connectivity index (χ4v) is 1.03. The molecule has 1 aromatic heterocycles. The Kier molecular flexibility index (Phi) is 2.89. The average molecular weight is 169 g/mol. The van der Waals surface area contributed by atoms with Gasteiger partial charge < -0.3 is 15.3 Å². The minimum absolute atomic E-state index is 0.234. The van der Waals surface area contributed by atoms with Gasteiger partial charge in [-0.1, -0.05) is 13.8 Å². The van der Waals surface area contributed by atoms with Crippen molar-refractivity contribution >= 4 is 0 Å². The lowest BCUT2D eigenvalue weighted by molar-refractivity contribution is 0.125. The summed E-state index contributed by atoms with van der Waals surface area (Å²) < 4.78 is 4.85. The molecule has 1 heterocycles. The van der Waals surface area contributed by atoms with Crippen LogP contribution in [0.5, 0.6) is 0 Å². The molecule has 12 heavy (non-hydrogen) atoms. The molecule has 0 aliphatic rings. The molecular weight excluding hydrogens is 154 g/mol. The van der Waals surface area contributed by atoms with Gasteiger partial charge >= 0.3 is 0 Å². The number of nitrogens with two attached hydrogens (primary N) is 1. The van der Waals surface area contributed by atoms with Crippen LogP contribution in [-0.4, -0.2) is 11.1 Å². The third-order valence-corrected chi connectivity index (χ3v) is 2.02. The molecule has 1 aromatic rings. The second-order valence-electron chi connectivity index (χ2n) is 3.32. The Morgan fingerprint density at radius 3 is 2.58 bits per heavy atom. The van der Waals surface area contributed by atoms with Crippen LogP contribution in [0.25, 0.3) is 0 Å². The van der Waals surface area contributed by atoms with Crippen molar-refractivity contribution < 1.29 is 9.52 Å². The minimum atomic E-state index is -0.622. The molecule has 0 spiro atoms. The topological polar surface area (TPSA) is 59.4 Å². The molecule has 0 bridgehead atoms. The van der Waals surface area contributed by atoms with E-state index in [-0.39, 0.29) is 12.0 Å². The quantitative estimate of drug-likeness (QED) is 0.717. The molecule has 0 amide bonds. The standard InChI is InChI=1S/C9H15NO2/c1-6(2)8(10)9(11)7-3-4-12-5-7/h3-6,8-9,11H,10H2,1-2H3/t8-,9-/m0/s1. The van der Waals surface area contributed by atoms with Gasteiger partial charge in [-0.25, -0.2) is 0 Å². The summed E-state index contributed by atoms with van der Waals surface area (Å²) in [5.41, 5.74) is 6.51. The summed E-state index contributed by atoms with van der Waals surface area (Å²) in [5.74, 6) is 0.259. The summed E-state index contributed by atoms with van der Waals surface area (Å²) >= 11 is 0.